The van der Waals surface area contributed by atoms with E-state index in [-0.39, 0.29) is 0 Å². The molecule has 7 heteroatoms. The van der Waals surface area contributed by atoms with Gasteiger partial charge in [-0.15, -0.1) is 0 Å². The molecule has 0 aromatic heterocycles. The van der Waals surface area contributed by atoms with Gasteiger partial charge in [-0.05, 0) is 50.4 Å². The Kier molecular flexibility index (Phi) is 5.65. The molecule has 0 bridgehead atoms. The van der Waals surface area contributed by atoms with Crippen molar-refractivity contribution in [2.45, 2.75) is 32.2 Å². The zero-order valence-corrected chi connectivity index (χ0v) is 14.8. The molecule has 1 aromatic carbocycles. The quantitative estimate of drug-likeness (QED) is 0.686. The number of benzene rings is 1. The maximum absolute atomic E-state index is 12.3. The molecule has 2 rings (SSSR count). The third-order valence-electron chi connectivity index (χ3n) is 3.51. The molecule has 0 aliphatic heterocycles. The maximum Gasteiger partial charge on any atom is 0.301 e. The van der Waals surface area contributed by atoms with Crippen molar-refractivity contribution in [2.75, 3.05) is 24.9 Å². The van der Waals surface area contributed by atoms with E-state index in [1.807, 2.05) is 19.1 Å². The predicted molar refractivity (Wildman–Crippen MR) is 89.7 cm³/mol. The topological polar surface area (TPSA) is 61.4 Å². The molecule has 2 N–H and O–H groups in total. The zero-order chi connectivity index (χ0) is 15.5. The lowest BCUT2D eigenvalue weighted by Gasteiger charge is -2.19. The summed E-state index contributed by atoms with van der Waals surface area (Å²) in [5, 5.41) is 3.38. The Labute approximate surface area is 135 Å². The second kappa shape index (κ2) is 7.09. The van der Waals surface area contributed by atoms with Crippen LogP contribution in [0, 0.1) is 6.92 Å². The van der Waals surface area contributed by atoms with Crippen molar-refractivity contribution < 1.29 is 8.42 Å². The number of rotatable bonds is 8. The Balaban J connectivity index is 1.88. The molecule has 0 amide bonds. The van der Waals surface area contributed by atoms with Gasteiger partial charge in [-0.3, -0.25) is 4.72 Å². The summed E-state index contributed by atoms with van der Waals surface area (Å²) in [6.07, 6.45) is 3.31. The minimum atomic E-state index is -3.50. The minimum absolute atomic E-state index is 0.502. The Bertz CT molecular complexity index is 588. The van der Waals surface area contributed by atoms with Crippen molar-refractivity contribution in [2.24, 2.45) is 0 Å². The lowest BCUT2D eigenvalue weighted by atomic mass is 10.2. The van der Waals surface area contributed by atoms with Gasteiger partial charge in [-0.25, -0.2) is 0 Å². The van der Waals surface area contributed by atoms with E-state index in [4.69, 9.17) is 0 Å². The Morgan fingerprint density at radius 3 is 2.76 bits per heavy atom. The third kappa shape index (κ3) is 5.25. The second-order valence-electron chi connectivity index (χ2n) is 5.47. The highest BCUT2D eigenvalue weighted by atomic mass is 79.9. The van der Waals surface area contributed by atoms with Crippen LogP contribution in [0.15, 0.2) is 22.7 Å². The average molecular weight is 376 g/mol. The standard InChI is InChI=1S/C14H22BrN3O2S/c1-11-4-5-12(15)10-14(11)17-21(19,20)18(2)9-3-8-16-13-6-7-13/h4-5,10,13,16-17H,3,6-9H2,1-2H3. The van der Waals surface area contributed by atoms with Gasteiger partial charge < -0.3 is 5.32 Å². The molecular weight excluding hydrogens is 354 g/mol. The fourth-order valence-electron chi connectivity index (χ4n) is 1.94. The summed E-state index contributed by atoms with van der Waals surface area (Å²) in [7, 11) is -1.90. The lowest BCUT2D eigenvalue weighted by Crippen LogP contribution is -2.34. The molecule has 1 aromatic rings. The van der Waals surface area contributed by atoms with E-state index < -0.39 is 10.2 Å². The van der Waals surface area contributed by atoms with E-state index in [2.05, 4.69) is 26.0 Å². The van der Waals surface area contributed by atoms with Crippen LogP contribution in [0.4, 0.5) is 5.69 Å². The van der Waals surface area contributed by atoms with Gasteiger partial charge in [-0.2, -0.15) is 12.7 Å². The SMILES string of the molecule is Cc1ccc(Br)cc1NS(=O)(=O)N(C)CCCNC1CC1. The fourth-order valence-corrected chi connectivity index (χ4v) is 3.32. The van der Waals surface area contributed by atoms with E-state index >= 15 is 0 Å². The molecule has 0 atom stereocenters. The number of hydrogen-bond acceptors (Lipinski definition) is 3. The first kappa shape index (κ1) is 16.7. The van der Waals surface area contributed by atoms with Crippen LogP contribution in [0.25, 0.3) is 0 Å². The Morgan fingerprint density at radius 1 is 1.38 bits per heavy atom. The summed E-state index contributed by atoms with van der Waals surface area (Å²) >= 11 is 3.35. The van der Waals surface area contributed by atoms with E-state index in [0.29, 0.717) is 18.3 Å². The monoisotopic (exact) mass is 375 g/mol. The van der Waals surface area contributed by atoms with Gasteiger partial charge in [0.2, 0.25) is 0 Å². The Hall–Kier alpha value is -0.630. The molecule has 0 saturated heterocycles. The minimum Gasteiger partial charge on any atom is -0.314 e. The molecule has 1 aliphatic carbocycles. The van der Waals surface area contributed by atoms with Crippen molar-refractivity contribution >= 4 is 31.8 Å². The number of aryl methyl sites for hydroxylation is 1. The summed E-state index contributed by atoms with van der Waals surface area (Å²) in [5.74, 6) is 0. The van der Waals surface area contributed by atoms with Crippen LogP contribution in [0.2, 0.25) is 0 Å². The van der Waals surface area contributed by atoms with E-state index in [1.165, 1.54) is 17.1 Å². The number of halogens is 1. The zero-order valence-electron chi connectivity index (χ0n) is 12.4. The summed E-state index contributed by atoms with van der Waals surface area (Å²) < 4.78 is 29.4. The lowest BCUT2D eigenvalue weighted by molar-refractivity contribution is 0.458. The highest BCUT2D eigenvalue weighted by Crippen LogP contribution is 2.22. The Morgan fingerprint density at radius 2 is 2.10 bits per heavy atom. The highest BCUT2D eigenvalue weighted by molar-refractivity contribution is 9.10. The number of anilines is 1. The largest absolute Gasteiger partial charge is 0.314 e. The molecule has 0 spiro atoms. The van der Waals surface area contributed by atoms with Crippen molar-refractivity contribution in [1.29, 1.82) is 0 Å². The normalized spacial score (nSPS) is 15.4. The molecule has 118 valence electrons. The van der Waals surface area contributed by atoms with E-state index in [9.17, 15) is 8.42 Å². The van der Waals surface area contributed by atoms with E-state index in [0.717, 1.165) is 23.0 Å². The van der Waals surface area contributed by atoms with Crippen molar-refractivity contribution in [1.82, 2.24) is 9.62 Å². The first-order valence-electron chi connectivity index (χ1n) is 7.12. The van der Waals surface area contributed by atoms with Gasteiger partial charge in [-0.1, -0.05) is 22.0 Å². The van der Waals surface area contributed by atoms with Crippen LogP contribution < -0.4 is 10.0 Å². The van der Waals surface area contributed by atoms with Crippen LogP contribution in [0.1, 0.15) is 24.8 Å². The van der Waals surface area contributed by atoms with Gasteiger partial charge in [0.05, 0.1) is 5.69 Å². The first-order chi connectivity index (χ1) is 9.88. The van der Waals surface area contributed by atoms with Crippen molar-refractivity contribution in [3.05, 3.63) is 28.2 Å². The average Bonchev–Trinajstić information content (AvgIpc) is 3.22. The van der Waals surface area contributed by atoms with Crippen LogP contribution in [0.3, 0.4) is 0 Å². The number of hydrogen-bond donors (Lipinski definition) is 2. The molecule has 21 heavy (non-hydrogen) atoms. The molecule has 1 fully saturated rings. The van der Waals surface area contributed by atoms with Crippen LogP contribution in [-0.2, 0) is 10.2 Å². The van der Waals surface area contributed by atoms with Gasteiger partial charge in [0, 0.05) is 24.1 Å². The van der Waals surface area contributed by atoms with Gasteiger partial charge in [0.15, 0.2) is 0 Å². The van der Waals surface area contributed by atoms with Crippen LogP contribution >= 0.6 is 15.9 Å². The third-order valence-corrected chi connectivity index (χ3v) is 5.48. The maximum atomic E-state index is 12.3. The first-order valence-corrected chi connectivity index (χ1v) is 9.35. The second-order valence-corrected chi connectivity index (χ2v) is 8.16. The smallest absolute Gasteiger partial charge is 0.301 e. The number of nitrogens with zero attached hydrogens (tertiary/aromatic N) is 1. The molecular formula is C14H22BrN3O2S. The molecule has 0 unspecified atom stereocenters. The predicted octanol–water partition coefficient (Wildman–Crippen LogP) is 2.49. The number of nitrogens with one attached hydrogen (secondary N) is 2. The van der Waals surface area contributed by atoms with Crippen LogP contribution in [0.5, 0.6) is 0 Å². The van der Waals surface area contributed by atoms with Crippen LogP contribution in [-0.4, -0.2) is 38.9 Å². The molecule has 1 saturated carbocycles. The van der Waals surface area contributed by atoms with Gasteiger partial charge in [0.1, 0.15) is 0 Å². The molecule has 0 heterocycles. The summed E-state index contributed by atoms with van der Waals surface area (Å²) in [5.41, 5.74) is 1.50. The van der Waals surface area contributed by atoms with Crippen molar-refractivity contribution in [3.63, 3.8) is 0 Å². The molecule has 1 aliphatic rings. The molecule has 0 radical (unpaired) electrons. The highest BCUT2D eigenvalue weighted by Gasteiger charge is 2.21. The van der Waals surface area contributed by atoms with Crippen molar-refractivity contribution in [3.8, 4) is 0 Å². The molecule has 5 nitrogen and oxygen atoms in total. The van der Waals surface area contributed by atoms with Gasteiger partial charge in [0.25, 0.3) is 0 Å². The fraction of sp³-hybridized carbons (Fsp3) is 0.571. The van der Waals surface area contributed by atoms with Gasteiger partial charge >= 0.3 is 10.2 Å². The summed E-state index contributed by atoms with van der Waals surface area (Å²) in [4.78, 5) is 0. The summed E-state index contributed by atoms with van der Waals surface area (Å²) in [6.45, 7) is 3.24. The van der Waals surface area contributed by atoms with E-state index in [1.54, 1.807) is 13.1 Å². The summed E-state index contributed by atoms with van der Waals surface area (Å²) in [6, 6.07) is 6.20.